The van der Waals surface area contributed by atoms with Gasteiger partial charge < -0.3 is 15.5 Å². The van der Waals surface area contributed by atoms with Crippen LogP contribution in [0.25, 0.3) is 11.4 Å². The van der Waals surface area contributed by atoms with E-state index in [9.17, 15) is 19.4 Å². The molecule has 1 fully saturated rings. The number of likely N-dealkylation sites (tertiary alicyclic amines) is 1. The van der Waals surface area contributed by atoms with Gasteiger partial charge in [-0.25, -0.2) is 9.37 Å². The van der Waals surface area contributed by atoms with Gasteiger partial charge in [-0.3, -0.25) is 9.69 Å². The van der Waals surface area contributed by atoms with E-state index in [4.69, 9.17) is 0 Å². The third kappa shape index (κ3) is 4.97. The van der Waals surface area contributed by atoms with Gasteiger partial charge in [0.1, 0.15) is 5.82 Å². The molecule has 1 aliphatic rings. The second-order valence-corrected chi connectivity index (χ2v) is 7.56. The van der Waals surface area contributed by atoms with Gasteiger partial charge in [-0.2, -0.15) is 4.98 Å². The average Bonchev–Trinajstić information content (AvgIpc) is 3.28. The van der Waals surface area contributed by atoms with Crippen molar-refractivity contribution in [3.63, 3.8) is 0 Å². The minimum atomic E-state index is -0.689. The number of halogens is 1. The predicted octanol–water partition coefficient (Wildman–Crippen LogP) is 3.22. The summed E-state index contributed by atoms with van der Waals surface area (Å²) in [4.78, 5) is 23.0. The van der Waals surface area contributed by atoms with Gasteiger partial charge in [0, 0.05) is 18.7 Å². The first kappa shape index (κ1) is 20.7. The summed E-state index contributed by atoms with van der Waals surface area (Å²) in [6.07, 6.45) is 2.45. The molecule has 31 heavy (non-hydrogen) atoms. The third-order valence-corrected chi connectivity index (χ3v) is 5.26. The molecule has 0 saturated carbocycles. The van der Waals surface area contributed by atoms with Crippen LogP contribution in [0.2, 0.25) is 0 Å². The summed E-state index contributed by atoms with van der Waals surface area (Å²) < 4.78 is 13.0. The van der Waals surface area contributed by atoms with Gasteiger partial charge in [0.15, 0.2) is 11.5 Å². The number of nitrogens with one attached hydrogen (secondary N) is 1. The fourth-order valence-corrected chi connectivity index (χ4v) is 3.56. The van der Waals surface area contributed by atoms with Crippen molar-refractivity contribution in [1.29, 1.82) is 0 Å². The molecular weight excluding hydrogens is 399 g/mol. The minimum Gasteiger partial charge on any atom is -0.501 e. The first-order chi connectivity index (χ1) is 15.0. The molecule has 1 aromatic heterocycles. The lowest BCUT2D eigenvalue weighted by molar-refractivity contribution is 0.0942. The van der Waals surface area contributed by atoms with Crippen LogP contribution in [-0.4, -0.2) is 44.1 Å². The molecule has 0 aliphatic carbocycles. The van der Waals surface area contributed by atoms with E-state index in [0.29, 0.717) is 11.1 Å². The largest absolute Gasteiger partial charge is 0.501 e. The molecule has 0 atom stereocenters. The highest BCUT2D eigenvalue weighted by molar-refractivity contribution is 5.95. The topological polar surface area (TPSA) is 98.6 Å². The van der Waals surface area contributed by atoms with Crippen molar-refractivity contribution >= 4 is 5.91 Å². The molecular formula is C23H23FN4O3. The number of carbonyl (C=O) groups is 1. The number of amides is 1. The summed E-state index contributed by atoms with van der Waals surface area (Å²) >= 11 is 0. The molecule has 4 rings (SSSR count). The van der Waals surface area contributed by atoms with Gasteiger partial charge in [0.25, 0.3) is 11.8 Å². The molecule has 0 radical (unpaired) electrons. The number of aromatic hydroxyl groups is 2. The molecule has 8 heteroatoms. The van der Waals surface area contributed by atoms with E-state index in [1.54, 1.807) is 12.1 Å². The summed E-state index contributed by atoms with van der Waals surface area (Å²) in [5.41, 5.74) is 2.13. The van der Waals surface area contributed by atoms with Crippen molar-refractivity contribution in [2.24, 2.45) is 0 Å². The van der Waals surface area contributed by atoms with Crippen LogP contribution >= 0.6 is 0 Å². The van der Waals surface area contributed by atoms with Crippen molar-refractivity contribution in [1.82, 2.24) is 20.2 Å². The summed E-state index contributed by atoms with van der Waals surface area (Å²) in [5.74, 6) is -2.27. The predicted molar refractivity (Wildman–Crippen MR) is 113 cm³/mol. The monoisotopic (exact) mass is 422 g/mol. The van der Waals surface area contributed by atoms with Gasteiger partial charge in [0.05, 0.1) is 0 Å². The van der Waals surface area contributed by atoms with Crippen molar-refractivity contribution < 1.29 is 19.4 Å². The summed E-state index contributed by atoms with van der Waals surface area (Å²) in [6.45, 7) is 3.20. The van der Waals surface area contributed by atoms with E-state index in [1.165, 1.54) is 25.0 Å². The molecule has 2 aromatic carbocycles. The molecule has 0 bridgehead atoms. The zero-order chi connectivity index (χ0) is 21.8. The molecule has 1 saturated heterocycles. The molecule has 3 N–H and O–H groups in total. The second-order valence-electron chi connectivity index (χ2n) is 7.56. The van der Waals surface area contributed by atoms with E-state index in [0.717, 1.165) is 25.2 Å². The number of aromatic nitrogens is 2. The first-order valence-corrected chi connectivity index (χ1v) is 10.1. The fourth-order valence-electron chi connectivity index (χ4n) is 3.56. The quantitative estimate of drug-likeness (QED) is 0.564. The molecule has 3 aromatic rings. The third-order valence-electron chi connectivity index (χ3n) is 5.26. The Kier molecular flexibility index (Phi) is 6.08. The highest BCUT2D eigenvalue weighted by atomic mass is 19.1. The van der Waals surface area contributed by atoms with Crippen molar-refractivity contribution in [2.75, 3.05) is 13.1 Å². The summed E-state index contributed by atoms with van der Waals surface area (Å²) in [5, 5.41) is 22.7. The van der Waals surface area contributed by atoms with E-state index in [2.05, 4.69) is 20.2 Å². The maximum Gasteiger partial charge on any atom is 0.274 e. The minimum absolute atomic E-state index is 0.115. The number of hydrogen-bond donors (Lipinski definition) is 3. The van der Waals surface area contributed by atoms with E-state index in [-0.39, 0.29) is 23.9 Å². The van der Waals surface area contributed by atoms with Crippen LogP contribution in [0.4, 0.5) is 4.39 Å². The van der Waals surface area contributed by atoms with Crippen LogP contribution < -0.4 is 5.32 Å². The Morgan fingerprint density at radius 3 is 2.29 bits per heavy atom. The number of hydrogen-bond acceptors (Lipinski definition) is 6. The second kappa shape index (κ2) is 9.09. The Labute approximate surface area is 179 Å². The van der Waals surface area contributed by atoms with Crippen LogP contribution in [0.5, 0.6) is 11.6 Å². The number of carbonyl (C=O) groups excluding carboxylic acids is 1. The highest BCUT2D eigenvalue weighted by Crippen LogP contribution is 2.29. The van der Waals surface area contributed by atoms with Crippen LogP contribution in [0.3, 0.4) is 0 Å². The highest BCUT2D eigenvalue weighted by Gasteiger charge is 2.20. The Bertz CT molecular complexity index is 1070. The molecule has 7 nitrogen and oxygen atoms in total. The van der Waals surface area contributed by atoms with E-state index in [1.807, 2.05) is 24.3 Å². The lowest BCUT2D eigenvalue weighted by Gasteiger charge is -2.14. The van der Waals surface area contributed by atoms with Crippen molar-refractivity contribution in [3.8, 4) is 23.0 Å². The molecule has 1 amide bonds. The van der Waals surface area contributed by atoms with Crippen LogP contribution in [0, 0.1) is 5.82 Å². The van der Waals surface area contributed by atoms with Gasteiger partial charge in [0.2, 0.25) is 5.75 Å². The van der Waals surface area contributed by atoms with E-state index < -0.39 is 17.5 Å². The smallest absolute Gasteiger partial charge is 0.274 e. The standard InChI is InChI=1S/C23H23FN4O3/c24-18-9-5-15(6-10-18)13-25-22(30)19-20(29)23(31)27-21(26-19)17-7-3-16(4-8-17)14-28-11-1-2-12-28/h3-10,29H,1-2,11-14H2,(H,25,30)(H,26,27,31). The van der Waals surface area contributed by atoms with Gasteiger partial charge in [-0.15, -0.1) is 0 Å². The Balaban J connectivity index is 1.50. The Morgan fingerprint density at radius 2 is 1.61 bits per heavy atom. The lowest BCUT2D eigenvalue weighted by Crippen LogP contribution is -2.24. The molecule has 0 unspecified atom stereocenters. The van der Waals surface area contributed by atoms with Gasteiger partial charge in [-0.1, -0.05) is 36.4 Å². The summed E-state index contributed by atoms with van der Waals surface area (Å²) in [7, 11) is 0. The first-order valence-electron chi connectivity index (χ1n) is 10.1. The number of benzene rings is 2. The fraction of sp³-hybridized carbons (Fsp3) is 0.261. The SMILES string of the molecule is O=C(NCc1ccc(F)cc1)c1nc(-c2ccc(CN3CCCC3)cc2)nc(O)c1O. The van der Waals surface area contributed by atoms with E-state index >= 15 is 0 Å². The summed E-state index contributed by atoms with van der Waals surface area (Å²) in [6, 6.07) is 13.3. The van der Waals surface area contributed by atoms with Crippen molar-refractivity contribution in [2.45, 2.75) is 25.9 Å². The normalized spacial score (nSPS) is 14.0. The molecule has 2 heterocycles. The average molecular weight is 422 g/mol. The van der Waals surface area contributed by atoms with Crippen LogP contribution in [0.15, 0.2) is 48.5 Å². The Hall–Kier alpha value is -3.52. The number of nitrogens with zero attached hydrogens (tertiary/aromatic N) is 3. The maximum atomic E-state index is 13.0. The Morgan fingerprint density at radius 1 is 0.968 bits per heavy atom. The van der Waals surface area contributed by atoms with Crippen molar-refractivity contribution in [3.05, 3.63) is 71.2 Å². The maximum absolute atomic E-state index is 13.0. The number of rotatable bonds is 6. The molecule has 0 spiro atoms. The molecule has 160 valence electrons. The van der Waals surface area contributed by atoms with Gasteiger partial charge in [-0.05, 0) is 49.2 Å². The van der Waals surface area contributed by atoms with Crippen LogP contribution in [-0.2, 0) is 13.1 Å². The zero-order valence-corrected chi connectivity index (χ0v) is 16.9. The zero-order valence-electron chi connectivity index (χ0n) is 16.9. The molecule has 1 aliphatic heterocycles. The lowest BCUT2D eigenvalue weighted by atomic mass is 10.1. The van der Waals surface area contributed by atoms with Crippen LogP contribution in [0.1, 0.15) is 34.5 Å². The van der Waals surface area contributed by atoms with Gasteiger partial charge >= 0.3 is 0 Å².